The Balaban J connectivity index is 1.26. The molecule has 0 amide bonds. The molecule has 5 rings (SSSR count). The number of nitrogens with zero attached hydrogens (tertiary/aromatic N) is 4. The summed E-state index contributed by atoms with van der Waals surface area (Å²) in [4.78, 5) is 14.4. The van der Waals surface area contributed by atoms with E-state index >= 15 is 0 Å². The smallest absolute Gasteiger partial charge is 0.231 e. The van der Waals surface area contributed by atoms with Crippen LogP contribution < -0.4 is 19.7 Å². The first kappa shape index (κ1) is 16.8. The van der Waals surface area contributed by atoms with Gasteiger partial charge in [-0.25, -0.2) is 9.97 Å². The molecule has 0 unspecified atom stereocenters. The highest BCUT2D eigenvalue weighted by atomic mass is 16.7. The van der Waals surface area contributed by atoms with Crippen LogP contribution in [0.5, 0.6) is 11.5 Å². The molecule has 1 aromatic heterocycles. The van der Waals surface area contributed by atoms with Crippen molar-refractivity contribution >= 4 is 5.82 Å². The van der Waals surface area contributed by atoms with Crippen LogP contribution in [-0.2, 0) is 19.5 Å². The zero-order chi connectivity index (χ0) is 18.2. The number of aromatic nitrogens is 2. The average Bonchev–Trinajstić information content (AvgIpc) is 3.16. The van der Waals surface area contributed by atoms with Crippen molar-refractivity contribution < 1.29 is 9.47 Å². The predicted octanol–water partition coefficient (Wildman–Crippen LogP) is 1.48. The monoisotopic (exact) mass is 367 g/mol. The molecule has 2 aromatic rings. The minimum absolute atomic E-state index is 0.329. The summed E-state index contributed by atoms with van der Waals surface area (Å²) in [6.07, 6.45) is 1.02. The van der Waals surface area contributed by atoms with Crippen molar-refractivity contribution in [2.75, 3.05) is 44.4 Å². The largest absolute Gasteiger partial charge is 0.454 e. The number of aryl methyl sites for hydroxylation is 1. The Morgan fingerprint density at radius 2 is 1.93 bits per heavy atom. The van der Waals surface area contributed by atoms with Gasteiger partial charge in [0.15, 0.2) is 11.5 Å². The standard InChI is InChI=1S/C20H25N5O2/c1-14-22-17-11-21-5-4-16(17)20(23-14)25-8-6-24(7-9-25)12-15-2-3-18-19(10-15)27-13-26-18/h2-3,10,21H,4-9,11-13H2,1H3. The van der Waals surface area contributed by atoms with E-state index in [0.717, 1.165) is 75.4 Å². The van der Waals surface area contributed by atoms with Crippen LogP contribution in [0.15, 0.2) is 18.2 Å². The molecule has 0 radical (unpaired) electrons. The molecule has 0 aliphatic carbocycles. The fourth-order valence-electron chi connectivity index (χ4n) is 4.14. The maximum Gasteiger partial charge on any atom is 0.231 e. The molecule has 3 aliphatic heterocycles. The number of ether oxygens (including phenoxy) is 2. The van der Waals surface area contributed by atoms with Crippen LogP contribution >= 0.6 is 0 Å². The maximum absolute atomic E-state index is 5.50. The van der Waals surface area contributed by atoms with Gasteiger partial charge in [-0.15, -0.1) is 0 Å². The second kappa shape index (κ2) is 6.98. The van der Waals surface area contributed by atoms with E-state index in [0.29, 0.717) is 6.79 Å². The summed E-state index contributed by atoms with van der Waals surface area (Å²) in [5.41, 5.74) is 3.78. The molecule has 0 bridgehead atoms. The van der Waals surface area contributed by atoms with Crippen LogP contribution in [-0.4, -0.2) is 54.4 Å². The molecule has 1 saturated heterocycles. The molecule has 7 nitrogen and oxygen atoms in total. The van der Waals surface area contributed by atoms with Crippen molar-refractivity contribution in [1.29, 1.82) is 0 Å². The number of hydrogen-bond acceptors (Lipinski definition) is 7. The molecule has 3 aliphatic rings. The molecule has 0 atom stereocenters. The van der Waals surface area contributed by atoms with Crippen molar-refractivity contribution in [1.82, 2.24) is 20.2 Å². The summed E-state index contributed by atoms with van der Waals surface area (Å²) in [5.74, 6) is 3.74. The minimum Gasteiger partial charge on any atom is -0.454 e. The van der Waals surface area contributed by atoms with Gasteiger partial charge < -0.3 is 19.7 Å². The Kier molecular flexibility index (Phi) is 4.33. The molecule has 0 spiro atoms. The van der Waals surface area contributed by atoms with E-state index in [2.05, 4.69) is 32.2 Å². The highest BCUT2D eigenvalue weighted by molar-refractivity contribution is 5.51. The van der Waals surface area contributed by atoms with Gasteiger partial charge in [-0.2, -0.15) is 0 Å². The lowest BCUT2D eigenvalue weighted by molar-refractivity contribution is 0.174. The lowest BCUT2D eigenvalue weighted by atomic mass is 10.1. The van der Waals surface area contributed by atoms with E-state index < -0.39 is 0 Å². The molecule has 1 N–H and O–H groups in total. The summed E-state index contributed by atoms with van der Waals surface area (Å²) < 4.78 is 10.9. The van der Waals surface area contributed by atoms with E-state index in [1.807, 2.05) is 13.0 Å². The maximum atomic E-state index is 5.50. The van der Waals surface area contributed by atoms with Crippen LogP contribution in [0.25, 0.3) is 0 Å². The number of piperazine rings is 1. The molecule has 4 heterocycles. The van der Waals surface area contributed by atoms with Gasteiger partial charge >= 0.3 is 0 Å². The zero-order valence-electron chi connectivity index (χ0n) is 15.7. The second-order valence-corrected chi connectivity index (χ2v) is 7.40. The van der Waals surface area contributed by atoms with Crippen LogP contribution in [0.1, 0.15) is 22.6 Å². The van der Waals surface area contributed by atoms with Crippen molar-refractivity contribution in [3.05, 3.63) is 40.8 Å². The lowest BCUT2D eigenvalue weighted by Crippen LogP contribution is -2.47. The van der Waals surface area contributed by atoms with Gasteiger partial charge in [0.1, 0.15) is 11.6 Å². The van der Waals surface area contributed by atoms with E-state index in [1.165, 1.54) is 16.8 Å². The Hall–Kier alpha value is -2.38. The molecular formula is C20H25N5O2. The first-order valence-corrected chi connectivity index (χ1v) is 9.69. The van der Waals surface area contributed by atoms with E-state index in [4.69, 9.17) is 14.5 Å². The van der Waals surface area contributed by atoms with Crippen molar-refractivity contribution in [2.45, 2.75) is 26.4 Å². The predicted molar refractivity (Wildman–Crippen MR) is 102 cm³/mol. The summed E-state index contributed by atoms with van der Waals surface area (Å²) in [6, 6.07) is 6.25. The van der Waals surface area contributed by atoms with E-state index in [-0.39, 0.29) is 0 Å². The topological polar surface area (TPSA) is 62.8 Å². The molecule has 142 valence electrons. The molecule has 0 saturated carbocycles. The van der Waals surface area contributed by atoms with Crippen molar-refractivity contribution in [3.8, 4) is 11.5 Å². The Bertz CT molecular complexity index is 849. The summed E-state index contributed by atoms with van der Waals surface area (Å²) in [5, 5.41) is 3.41. The molecular weight excluding hydrogens is 342 g/mol. The van der Waals surface area contributed by atoms with Crippen LogP contribution in [0.4, 0.5) is 5.82 Å². The third-order valence-corrected chi connectivity index (χ3v) is 5.54. The number of hydrogen-bond donors (Lipinski definition) is 1. The normalized spacial score (nSPS) is 19.2. The van der Waals surface area contributed by atoms with Crippen molar-refractivity contribution in [3.63, 3.8) is 0 Å². The molecule has 27 heavy (non-hydrogen) atoms. The fraction of sp³-hybridized carbons (Fsp3) is 0.500. The number of fused-ring (bicyclic) bond motifs is 2. The van der Waals surface area contributed by atoms with E-state index in [9.17, 15) is 0 Å². The molecule has 7 heteroatoms. The van der Waals surface area contributed by atoms with Gasteiger partial charge in [-0.05, 0) is 37.6 Å². The Morgan fingerprint density at radius 3 is 2.81 bits per heavy atom. The average molecular weight is 367 g/mol. The van der Waals surface area contributed by atoms with Gasteiger partial charge in [-0.3, -0.25) is 4.90 Å². The van der Waals surface area contributed by atoms with Crippen molar-refractivity contribution in [2.24, 2.45) is 0 Å². The molecule has 1 fully saturated rings. The van der Waals surface area contributed by atoms with Gasteiger partial charge in [-0.1, -0.05) is 6.07 Å². The number of nitrogens with one attached hydrogen (secondary N) is 1. The first-order valence-electron chi connectivity index (χ1n) is 9.69. The second-order valence-electron chi connectivity index (χ2n) is 7.40. The first-order chi connectivity index (χ1) is 13.3. The van der Waals surface area contributed by atoms with Crippen LogP contribution in [0, 0.1) is 6.92 Å². The lowest BCUT2D eigenvalue weighted by Gasteiger charge is -2.37. The highest BCUT2D eigenvalue weighted by Gasteiger charge is 2.24. The van der Waals surface area contributed by atoms with Gasteiger partial charge in [0.25, 0.3) is 0 Å². The van der Waals surface area contributed by atoms with Gasteiger partial charge in [0.2, 0.25) is 6.79 Å². The van der Waals surface area contributed by atoms with Gasteiger partial charge in [0, 0.05) is 44.8 Å². The SMILES string of the molecule is Cc1nc2c(c(N3CCN(Cc4ccc5c(c4)OCO5)CC3)n1)CCNC2. The summed E-state index contributed by atoms with van der Waals surface area (Å²) in [7, 11) is 0. The third-order valence-electron chi connectivity index (χ3n) is 5.54. The summed E-state index contributed by atoms with van der Waals surface area (Å²) >= 11 is 0. The number of anilines is 1. The molecule has 1 aromatic carbocycles. The number of rotatable bonds is 3. The number of benzene rings is 1. The van der Waals surface area contributed by atoms with E-state index in [1.54, 1.807) is 0 Å². The highest BCUT2D eigenvalue weighted by Crippen LogP contribution is 2.33. The Morgan fingerprint density at radius 1 is 1.07 bits per heavy atom. The van der Waals surface area contributed by atoms with Crippen LogP contribution in [0.2, 0.25) is 0 Å². The minimum atomic E-state index is 0.329. The Labute approximate surface area is 159 Å². The quantitative estimate of drug-likeness (QED) is 0.882. The summed E-state index contributed by atoms with van der Waals surface area (Å²) in [6.45, 7) is 9.20. The zero-order valence-corrected chi connectivity index (χ0v) is 15.7. The fourth-order valence-corrected chi connectivity index (χ4v) is 4.14. The van der Waals surface area contributed by atoms with Crippen LogP contribution in [0.3, 0.4) is 0 Å². The van der Waals surface area contributed by atoms with Gasteiger partial charge in [0.05, 0.1) is 5.69 Å². The third kappa shape index (κ3) is 3.33.